The number of aromatic nitrogens is 1. The summed E-state index contributed by atoms with van der Waals surface area (Å²) in [5.74, 6) is -0.549. The number of benzene rings is 1. The van der Waals surface area contributed by atoms with E-state index < -0.39 is 5.97 Å². The number of nitrogens with zero attached hydrogens (tertiary/aromatic N) is 2. The summed E-state index contributed by atoms with van der Waals surface area (Å²) in [6.45, 7) is 7.26. The van der Waals surface area contributed by atoms with Crippen molar-refractivity contribution in [3.05, 3.63) is 47.4 Å². The lowest BCUT2D eigenvalue weighted by molar-refractivity contribution is 0.0591. The van der Waals surface area contributed by atoms with Crippen LogP contribution in [-0.4, -0.2) is 17.6 Å². The van der Waals surface area contributed by atoms with E-state index in [1.54, 1.807) is 11.6 Å². The van der Waals surface area contributed by atoms with Gasteiger partial charge in [0.15, 0.2) is 0 Å². The zero-order valence-electron chi connectivity index (χ0n) is 10.7. The van der Waals surface area contributed by atoms with Crippen LogP contribution in [0.3, 0.4) is 0 Å². The van der Waals surface area contributed by atoms with E-state index in [1.165, 1.54) is 7.11 Å². The van der Waals surface area contributed by atoms with Gasteiger partial charge in [0.05, 0.1) is 25.1 Å². The highest BCUT2D eigenvalue weighted by molar-refractivity contribution is 6.02. The van der Waals surface area contributed by atoms with Gasteiger partial charge in [0.1, 0.15) is 5.69 Å². The number of carbonyl (C=O) groups excluding carboxylic acids is 1. The first-order chi connectivity index (χ1) is 9.11. The van der Waals surface area contributed by atoms with Crippen LogP contribution in [0, 0.1) is 6.57 Å². The minimum absolute atomic E-state index is 0.156. The van der Waals surface area contributed by atoms with Crippen LogP contribution in [0.25, 0.3) is 16.1 Å². The smallest absolute Gasteiger partial charge is 0.355 e. The van der Waals surface area contributed by atoms with E-state index in [0.717, 1.165) is 5.56 Å². The van der Waals surface area contributed by atoms with E-state index in [0.29, 0.717) is 5.69 Å². The molecule has 0 atom stereocenters. The third kappa shape index (κ3) is 1.93. The highest BCUT2D eigenvalue weighted by Crippen LogP contribution is 2.39. The number of hydrogen-bond donors (Lipinski definition) is 1. The topological polar surface area (TPSA) is 61.6 Å². The SMILES string of the molecule is [C-]#[N+]c1c(N)c(C(=O)OC)n(C)c1-c1ccccc1. The molecule has 96 valence electrons. The second-order valence-electron chi connectivity index (χ2n) is 3.99. The lowest BCUT2D eigenvalue weighted by atomic mass is 10.1. The third-order valence-corrected chi connectivity index (χ3v) is 2.94. The van der Waals surface area contributed by atoms with Gasteiger partial charge in [-0.2, -0.15) is 0 Å². The van der Waals surface area contributed by atoms with Crippen LogP contribution in [0.2, 0.25) is 0 Å². The summed E-state index contributed by atoms with van der Waals surface area (Å²) < 4.78 is 6.31. The normalized spacial score (nSPS) is 9.95. The Bertz CT molecular complexity index is 666. The molecule has 0 saturated carbocycles. The fraction of sp³-hybridized carbons (Fsp3) is 0.143. The molecule has 19 heavy (non-hydrogen) atoms. The molecule has 2 aromatic rings. The van der Waals surface area contributed by atoms with Crippen molar-refractivity contribution >= 4 is 17.3 Å². The molecule has 0 aliphatic heterocycles. The monoisotopic (exact) mass is 255 g/mol. The molecule has 0 saturated heterocycles. The van der Waals surface area contributed by atoms with Gasteiger partial charge in [-0.1, -0.05) is 30.3 Å². The van der Waals surface area contributed by atoms with Crippen molar-refractivity contribution in [2.75, 3.05) is 12.8 Å². The molecule has 0 fully saturated rings. The first-order valence-corrected chi connectivity index (χ1v) is 5.61. The van der Waals surface area contributed by atoms with Crippen LogP contribution in [0.4, 0.5) is 11.4 Å². The number of carbonyl (C=O) groups is 1. The summed E-state index contributed by atoms with van der Waals surface area (Å²) in [5.41, 5.74) is 7.97. The van der Waals surface area contributed by atoms with E-state index in [4.69, 9.17) is 17.0 Å². The van der Waals surface area contributed by atoms with Gasteiger partial charge in [-0.15, -0.1) is 0 Å². The van der Waals surface area contributed by atoms with E-state index in [1.807, 2.05) is 30.3 Å². The van der Waals surface area contributed by atoms with Crippen LogP contribution in [0.15, 0.2) is 30.3 Å². The van der Waals surface area contributed by atoms with Crippen molar-refractivity contribution in [3.8, 4) is 11.3 Å². The molecule has 5 nitrogen and oxygen atoms in total. The zero-order valence-corrected chi connectivity index (χ0v) is 10.7. The Labute approximate surface area is 111 Å². The summed E-state index contributed by atoms with van der Waals surface area (Å²) >= 11 is 0. The first kappa shape index (κ1) is 12.7. The molecule has 0 aliphatic carbocycles. The second kappa shape index (κ2) is 4.86. The Morgan fingerprint density at radius 2 is 2.00 bits per heavy atom. The molecule has 0 unspecified atom stereocenters. The van der Waals surface area contributed by atoms with Crippen molar-refractivity contribution in [2.24, 2.45) is 7.05 Å². The lowest BCUT2D eigenvalue weighted by Gasteiger charge is -2.07. The minimum Gasteiger partial charge on any atom is -0.464 e. The van der Waals surface area contributed by atoms with E-state index in [9.17, 15) is 4.79 Å². The van der Waals surface area contributed by atoms with Crippen LogP contribution >= 0.6 is 0 Å². The van der Waals surface area contributed by atoms with Gasteiger partial charge in [0.25, 0.3) is 0 Å². The van der Waals surface area contributed by atoms with Crippen molar-refractivity contribution in [1.29, 1.82) is 0 Å². The Hall–Kier alpha value is -2.74. The Morgan fingerprint density at radius 3 is 2.53 bits per heavy atom. The second-order valence-corrected chi connectivity index (χ2v) is 3.99. The van der Waals surface area contributed by atoms with Crippen molar-refractivity contribution in [3.63, 3.8) is 0 Å². The maximum Gasteiger partial charge on any atom is 0.355 e. The number of methoxy groups -OCH3 is 1. The quantitative estimate of drug-likeness (QED) is 0.662. The summed E-state index contributed by atoms with van der Waals surface area (Å²) in [7, 11) is 2.98. The maximum atomic E-state index is 11.7. The highest BCUT2D eigenvalue weighted by atomic mass is 16.5. The summed E-state index contributed by atoms with van der Waals surface area (Å²) in [5, 5.41) is 0. The molecule has 2 N–H and O–H groups in total. The fourth-order valence-electron chi connectivity index (χ4n) is 2.07. The van der Waals surface area contributed by atoms with Gasteiger partial charge in [0, 0.05) is 7.05 Å². The molecule has 0 spiro atoms. The third-order valence-electron chi connectivity index (χ3n) is 2.94. The molecule has 0 aliphatic rings. The number of anilines is 1. The molecule has 0 bridgehead atoms. The molecule has 0 radical (unpaired) electrons. The Balaban J connectivity index is 2.76. The molecular formula is C14H13N3O2. The molecule has 1 aromatic heterocycles. The fourth-order valence-corrected chi connectivity index (χ4v) is 2.07. The molecule has 0 amide bonds. The molecule has 2 rings (SSSR count). The molecular weight excluding hydrogens is 242 g/mol. The van der Waals surface area contributed by atoms with Gasteiger partial charge in [-0.05, 0) is 5.56 Å². The van der Waals surface area contributed by atoms with Gasteiger partial charge in [0.2, 0.25) is 5.69 Å². The lowest BCUT2D eigenvalue weighted by Crippen LogP contribution is -2.10. The maximum absolute atomic E-state index is 11.7. The minimum atomic E-state index is -0.549. The number of nitrogen functional groups attached to an aromatic ring is 1. The van der Waals surface area contributed by atoms with Crippen LogP contribution in [0.1, 0.15) is 10.5 Å². The van der Waals surface area contributed by atoms with Crippen LogP contribution in [0.5, 0.6) is 0 Å². The number of rotatable bonds is 2. The summed E-state index contributed by atoms with van der Waals surface area (Å²) in [4.78, 5) is 15.2. The van der Waals surface area contributed by atoms with Gasteiger partial charge in [-0.3, -0.25) is 0 Å². The number of nitrogens with two attached hydrogens (primary N) is 1. The van der Waals surface area contributed by atoms with Crippen LogP contribution < -0.4 is 5.73 Å². The van der Waals surface area contributed by atoms with Gasteiger partial charge < -0.3 is 15.0 Å². The largest absolute Gasteiger partial charge is 0.464 e. The molecule has 1 aromatic carbocycles. The zero-order chi connectivity index (χ0) is 14.0. The van der Waals surface area contributed by atoms with Crippen LogP contribution in [-0.2, 0) is 11.8 Å². The molecule has 1 heterocycles. The average Bonchev–Trinajstić information content (AvgIpc) is 2.69. The standard InChI is InChI=1S/C14H13N3O2/c1-16-11-10(15)13(14(18)19-3)17(2)12(11)9-7-5-4-6-8-9/h4-8H,15H2,2-3H3. The number of ether oxygens (including phenoxy) is 1. The average molecular weight is 255 g/mol. The van der Waals surface area contributed by atoms with E-state index >= 15 is 0 Å². The first-order valence-electron chi connectivity index (χ1n) is 5.61. The highest BCUT2D eigenvalue weighted by Gasteiger charge is 2.25. The number of hydrogen-bond acceptors (Lipinski definition) is 3. The van der Waals surface area contributed by atoms with E-state index in [2.05, 4.69) is 4.85 Å². The van der Waals surface area contributed by atoms with Crippen molar-refractivity contribution in [2.45, 2.75) is 0 Å². The Kier molecular flexibility index (Phi) is 3.25. The predicted octanol–water partition coefficient (Wildman–Crippen LogP) is 2.61. The summed E-state index contributed by atoms with van der Waals surface area (Å²) in [6.07, 6.45) is 0. The molecule has 5 heteroatoms. The summed E-state index contributed by atoms with van der Waals surface area (Å²) in [6, 6.07) is 9.34. The van der Waals surface area contributed by atoms with Gasteiger partial charge >= 0.3 is 5.97 Å². The number of esters is 1. The van der Waals surface area contributed by atoms with Gasteiger partial charge in [-0.25, -0.2) is 9.64 Å². The van der Waals surface area contributed by atoms with Crippen molar-refractivity contribution in [1.82, 2.24) is 4.57 Å². The Morgan fingerprint density at radius 1 is 1.37 bits per heavy atom. The predicted molar refractivity (Wildman–Crippen MR) is 72.9 cm³/mol. The van der Waals surface area contributed by atoms with E-state index in [-0.39, 0.29) is 17.1 Å². The van der Waals surface area contributed by atoms with Crippen molar-refractivity contribution < 1.29 is 9.53 Å².